The predicted octanol–water partition coefficient (Wildman–Crippen LogP) is 5.77. The van der Waals surface area contributed by atoms with Gasteiger partial charge in [-0.2, -0.15) is 0 Å². The zero-order valence-electron chi connectivity index (χ0n) is 20.5. The van der Waals surface area contributed by atoms with Gasteiger partial charge in [0, 0.05) is 12.6 Å². The van der Waals surface area contributed by atoms with Crippen molar-refractivity contribution in [3.05, 3.63) is 113 Å². The standard InChI is InChI=1S/C30H27N3O3/c1-4-27(32(2)29(34)22-14-13-20-9-5-6-10-21(20)19-22)28-31-26-12-8-7-11-25(26)30(35)33(28)23-15-17-24(36-3)18-16-23/h5-19,27H,4H2,1-3H3. The summed E-state index contributed by atoms with van der Waals surface area (Å²) in [6.45, 7) is 1.99. The van der Waals surface area contributed by atoms with Crippen molar-refractivity contribution in [3.63, 3.8) is 0 Å². The number of benzene rings is 4. The van der Waals surface area contributed by atoms with Crippen LogP contribution in [0.2, 0.25) is 0 Å². The molecule has 0 aliphatic heterocycles. The molecule has 0 N–H and O–H groups in total. The van der Waals surface area contributed by atoms with Gasteiger partial charge in [-0.3, -0.25) is 14.2 Å². The number of hydrogen-bond acceptors (Lipinski definition) is 4. The number of methoxy groups -OCH3 is 1. The van der Waals surface area contributed by atoms with Crippen LogP contribution in [-0.2, 0) is 0 Å². The van der Waals surface area contributed by atoms with Crippen LogP contribution in [-0.4, -0.2) is 34.5 Å². The summed E-state index contributed by atoms with van der Waals surface area (Å²) in [5.74, 6) is 1.08. The lowest BCUT2D eigenvalue weighted by Crippen LogP contribution is -2.36. The molecule has 1 aromatic heterocycles. The van der Waals surface area contributed by atoms with E-state index in [1.807, 2.05) is 91.9 Å². The molecule has 0 bridgehead atoms. The third-order valence-corrected chi connectivity index (χ3v) is 6.60. The summed E-state index contributed by atoms with van der Waals surface area (Å²) in [4.78, 5) is 34.0. The number of amides is 1. The summed E-state index contributed by atoms with van der Waals surface area (Å²) in [6, 6.07) is 27.8. The van der Waals surface area contributed by atoms with Crippen LogP contribution in [0.15, 0.2) is 95.8 Å². The maximum Gasteiger partial charge on any atom is 0.266 e. The van der Waals surface area contributed by atoms with Crippen LogP contribution in [0.4, 0.5) is 0 Å². The summed E-state index contributed by atoms with van der Waals surface area (Å²) >= 11 is 0. The molecule has 6 heteroatoms. The topological polar surface area (TPSA) is 64.4 Å². The van der Waals surface area contributed by atoms with Gasteiger partial charge in [-0.1, -0.05) is 49.4 Å². The third-order valence-electron chi connectivity index (χ3n) is 6.60. The van der Waals surface area contributed by atoms with Crippen LogP contribution in [0.1, 0.15) is 35.6 Å². The van der Waals surface area contributed by atoms with Gasteiger partial charge >= 0.3 is 0 Å². The highest BCUT2D eigenvalue weighted by atomic mass is 16.5. The number of rotatable bonds is 6. The Bertz CT molecular complexity index is 1620. The SMILES string of the molecule is CCC(c1nc2ccccc2c(=O)n1-c1ccc(OC)cc1)N(C)C(=O)c1ccc2ccccc2c1. The molecule has 5 aromatic rings. The van der Waals surface area contributed by atoms with Crippen LogP contribution in [0.5, 0.6) is 5.75 Å². The summed E-state index contributed by atoms with van der Waals surface area (Å²) in [5, 5.41) is 2.60. The first-order chi connectivity index (χ1) is 17.5. The zero-order chi connectivity index (χ0) is 25.2. The van der Waals surface area contributed by atoms with E-state index in [2.05, 4.69) is 0 Å². The van der Waals surface area contributed by atoms with Gasteiger partial charge in [0.1, 0.15) is 11.6 Å². The first-order valence-electron chi connectivity index (χ1n) is 11.9. The van der Waals surface area contributed by atoms with Crippen LogP contribution in [0.25, 0.3) is 27.4 Å². The van der Waals surface area contributed by atoms with Crippen molar-refractivity contribution in [2.75, 3.05) is 14.2 Å². The molecule has 1 atom stereocenters. The average molecular weight is 478 g/mol. The second kappa shape index (κ2) is 9.66. The highest BCUT2D eigenvalue weighted by molar-refractivity contribution is 5.98. The molecule has 180 valence electrons. The quantitative estimate of drug-likeness (QED) is 0.311. The lowest BCUT2D eigenvalue weighted by molar-refractivity contribution is 0.0717. The molecule has 1 unspecified atom stereocenters. The molecular weight excluding hydrogens is 450 g/mol. The van der Waals surface area contributed by atoms with Crippen molar-refractivity contribution >= 4 is 27.6 Å². The Morgan fingerprint density at radius 1 is 0.944 bits per heavy atom. The minimum atomic E-state index is -0.427. The molecule has 0 spiro atoms. The Labute approximate surface area is 209 Å². The molecule has 0 radical (unpaired) electrons. The number of hydrogen-bond donors (Lipinski definition) is 0. The molecule has 4 aromatic carbocycles. The number of fused-ring (bicyclic) bond motifs is 2. The molecular formula is C30H27N3O3. The molecule has 1 amide bonds. The molecule has 0 aliphatic carbocycles. The minimum absolute atomic E-state index is 0.128. The van der Waals surface area contributed by atoms with Crippen LogP contribution < -0.4 is 10.3 Å². The molecule has 0 saturated carbocycles. The number of carbonyl (C=O) groups is 1. The number of carbonyl (C=O) groups excluding carboxylic acids is 1. The second-order valence-electron chi connectivity index (χ2n) is 8.73. The Morgan fingerprint density at radius 3 is 2.36 bits per heavy atom. The van der Waals surface area contributed by atoms with Gasteiger partial charge in [-0.25, -0.2) is 4.98 Å². The van der Waals surface area contributed by atoms with Crippen molar-refractivity contribution < 1.29 is 9.53 Å². The van der Waals surface area contributed by atoms with E-state index in [4.69, 9.17) is 9.72 Å². The Kier molecular flexibility index (Phi) is 6.25. The maximum atomic E-state index is 13.7. The van der Waals surface area contributed by atoms with Gasteiger partial charge in [-0.15, -0.1) is 0 Å². The summed E-state index contributed by atoms with van der Waals surface area (Å²) in [6.07, 6.45) is 0.580. The molecule has 0 aliphatic rings. The fourth-order valence-electron chi connectivity index (χ4n) is 4.65. The normalized spacial score (nSPS) is 12.0. The highest BCUT2D eigenvalue weighted by Crippen LogP contribution is 2.27. The van der Waals surface area contributed by atoms with Gasteiger partial charge in [0.25, 0.3) is 11.5 Å². The lowest BCUT2D eigenvalue weighted by atomic mass is 10.0. The van der Waals surface area contributed by atoms with E-state index in [0.717, 1.165) is 10.8 Å². The zero-order valence-corrected chi connectivity index (χ0v) is 20.5. The average Bonchev–Trinajstić information content (AvgIpc) is 2.93. The van der Waals surface area contributed by atoms with Gasteiger partial charge in [-0.05, 0) is 65.7 Å². The number of ether oxygens (including phenoxy) is 1. The van der Waals surface area contributed by atoms with Crippen LogP contribution in [0.3, 0.4) is 0 Å². The van der Waals surface area contributed by atoms with Crippen molar-refractivity contribution in [2.45, 2.75) is 19.4 Å². The van der Waals surface area contributed by atoms with E-state index in [-0.39, 0.29) is 11.5 Å². The first-order valence-corrected chi connectivity index (χ1v) is 11.9. The molecule has 1 heterocycles. The van der Waals surface area contributed by atoms with Gasteiger partial charge in [0.2, 0.25) is 0 Å². The van der Waals surface area contributed by atoms with Crippen molar-refractivity contribution in [3.8, 4) is 11.4 Å². The first kappa shape index (κ1) is 23.3. The lowest BCUT2D eigenvalue weighted by Gasteiger charge is -2.29. The molecule has 36 heavy (non-hydrogen) atoms. The predicted molar refractivity (Wildman–Crippen MR) is 143 cm³/mol. The monoisotopic (exact) mass is 477 g/mol. The van der Waals surface area contributed by atoms with Crippen molar-refractivity contribution in [1.29, 1.82) is 0 Å². The summed E-state index contributed by atoms with van der Waals surface area (Å²) in [7, 11) is 3.37. The molecule has 5 rings (SSSR count). The van der Waals surface area contributed by atoms with Gasteiger partial charge in [0.05, 0.1) is 29.7 Å². The summed E-state index contributed by atoms with van der Waals surface area (Å²) in [5.41, 5.74) is 1.69. The van der Waals surface area contributed by atoms with Gasteiger partial charge in [0.15, 0.2) is 0 Å². The molecule has 6 nitrogen and oxygen atoms in total. The third kappa shape index (κ3) is 4.11. The number of para-hydroxylation sites is 1. The number of aromatic nitrogens is 2. The van der Waals surface area contributed by atoms with E-state index >= 15 is 0 Å². The largest absolute Gasteiger partial charge is 0.497 e. The second-order valence-corrected chi connectivity index (χ2v) is 8.73. The van der Waals surface area contributed by atoms with Crippen LogP contribution >= 0.6 is 0 Å². The minimum Gasteiger partial charge on any atom is -0.497 e. The van der Waals surface area contributed by atoms with Gasteiger partial charge < -0.3 is 9.64 Å². The molecule has 0 fully saturated rings. The fourth-order valence-corrected chi connectivity index (χ4v) is 4.65. The van der Waals surface area contributed by atoms with Crippen molar-refractivity contribution in [1.82, 2.24) is 14.5 Å². The van der Waals surface area contributed by atoms with E-state index in [0.29, 0.717) is 40.1 Å². The highest BCUT2D eigenvalue weighted by Gasteiger charge is 2.27. The van der Waals surface area contributed by atoms with E-state index < -0.39 is 6.04 Å². The smallest absolute Gasteiger partial charge is 0.266 e. The van der Waals surface area contributed by atoms with E-state index in [1.54, 1.807) is 29.7 Å². The van der Waals surface area contributed by atoms with Crippen molar-refractivity contribution in [2.24, 2.45) is 0 Å². The maximum absolute atomic E-state index is 13.7. The Hall–Kier alpha value is -4.45. The van der Waals surface area contributed by atoms with Crippen LogP contribution in [0, 0.1) is 0 Å². The Balaban J connectivity index is 1.64. The van der Waals surface area contributed by atoms with E-state index in [9.17, 15) is 9.59 Å². The Morgan fingerprint density at radius 2 is 1.64 bits per heavy atom. The molecule has 0 saturated heterocycles. The summed E-state index contributed by atoms with van der Waals surface area (Å²) < 4.78 is 6.91. The fraction of sp³-hybridized carbons (Fsp3) is 0.167. The number of nitrogens with zero attached hydrogens (tertiary/aromatic N) is 3. The van der Waals surface area contributed by atoms with E-state index in [1.165, 1.54) is 0 Å².